The molecule has 0 unspecified atom stereocenters. The maximum atomic E-state index is 15.0. The van der Waals surface area contributed by atoms with Crippen molar-refractivity contribution < 1.29 is 9.18 Å². The molecule has 0 atom stereocenters. The number of rotatable bonds is 4. The molecule has 0 N–H and O–H groups in total. The van der Waals surface area contributed by atoms with Gasteiger partial charge in [0.05, 0.1) is 0 Å². The standard InChI is InChI=1S/C21H15FO/c22-20(21(23)18-14-8-3-9-15-18)19(16-10-4-1-5-11-16)17-12-6-2-7-13-17/h1-15H. The summed E-state index contributed by atoms with van der Waals surface area (Å²) < 4.78 is 15.0. The molecule has 112 valence electrons. The highest BCUT2D eigenvalue weighted by Crippen LogP contribution is 2.29. The summed E-state index contributed by atoms with van der Waals surface area (Å²) in [7, 11) is 0. The zero-order chi connectivity index (χ0) is 16.1. The molecule has 23 heavy (non-hydrogen) atoms. The van der Waals surface area contributed by atoms with Crippen molar-refractivity contribution in [2.75, 3.05) is 0 Å². The van der Waals surface area contributed by atoms with E-state index in [4.69, 9.17) is 0 Å². The lowest BCUT2D eigenvalue weighted by Gasteiger charge is -2.10. The third-order valence-electron chi connectivity index (χ3n) is 3.58. The third kappa shape index (κ3) is 3.27. The van der Waals surface area contributed by atoms with Crippen molar-refractivity contribution in [1.29, 1.82) is 0 Å². The lowest BCUT2D eigenvalue weighted by atomic mass is 9.94. The SMILES string of the molecule is O=C(C(F)=C(c1ccccc1)c1ccccc1)c1ccccc1. The van der Waals surface area contributed by atoms with Crippen LogP contribution in [0.3, 0.4) is 0 Å². The minimum atomic E-state index is -0.742. The van der Waals surface area contributed by atoms with Gasteiger partial charge >= 0.3 is 0 Å². The van der Waals surface area contributed by atoms with E-state index in [-0.39, 0.29) is 0 Å². The normalized spacial score (nSPS) is 10.1. The van der Waals surface area contributed by atoms with E-state index in [1.807, 2.05) is 36.4 Å². The van der Waals surface area contributed by atoms with Crippen LogP contribution in [0.4, 0.5) is 4.39 Å². The highest BCUT2D eigenvalue weighted by Gasteiger charge is 2.19. The fourth-order valence-corrected chi connectivity index (χ4v) is 2.46. The van der Waals surface area contributed by atoms with Crippen molar-refractivity contribution in [1.82, 2.24) is 0 Å². The van der Waals surface area contributed by atoms with Crippen LogP contribution < -0.4 is 0 Å². The predicted molar refractivity (Wildman–Crippen MR) is 90.8 cm³/mol. The first kappa shape index (κ1) is 14.9. The number of benzene rings is 3. The van der Waals surface area contributed by atoms with Crippen LogP contribution >= 0.6 is 0 Å². The average molecular weight is 302 g/mol. The first-order valence-electron chi connectivity index (χ1n) is 7.38. The molecule has 3 aromatic carbocycles. The van der Waals surface area contributed by atoms with E-state index in [1.54, 1.807) is 54.6 Å². The minimum Gasteiger partial charge on any atom is -0.286 e. The maximum Gasteiger partial charge on any atom is 0.222 e. The predicted octanol–water partition coefficient (Wildman–Crippen LogP) is 5.30. The molecule has 1 nitrogen and oxygen atoms in total. The second-order valence-electron chi connectivity index (χ2n) is 5.12. The summed E-state index contributed by atoms with van der Waals surface area (Å²) in [6.45, 7) is 0. The Morgan fingerprint density at radius 2 is 0.913 bits per heavy atom. The Morgan fingerprint density at radius 1 is 0.565 bits per heavy atom. The highest BCUT2D eigenvalue weighted by molar-refractivity contribution is 6.13. The zero-order valence-electron chi connectivity index (χ0n) is 12.4. The summed E-state index contributed by atoms with van der Waals surface area (Å²) in [6.07, 6.45) is 0. The maximum absolute atomic E-state index is 15.0. The average Bonchev–Trinajstić information content (AvgIpc) is 2.64. The van der Waals surface area contributed by atoms with Gasteiger partial charge < -0.3 is 0 Å². The number of halogens is 1. The summed E-state index contributed by atoms with van der Waals surface area (Å²) in [5.74, 6) is -1.35. The molecular weight excluding hydrogens is 287 g/mol. The lowest BCUT2D eigenvalue weighted by Crippen LogP contribution is -2.03. The van der Waals surface area contributed by atoms with Crippen molar-refractivity contribution >= 4 is 11.4 Å². The molecule has 0 saturated heterocycles. The number of hydrogen-bond donors (Lipinski definition) is 0. The molecule has 0 bridgehead atoms. The molecule has 0 fully saturated rings. The van der Waals surface area contributed by atoms with E-state index in [0.717, 1.165) is 0 Å². The van der Waals surface area contributed by atoms with Gasteiger partial charge in [-0.3, -0.25) is 4.79 Å². The van der Waals surface area contributed by atoms with Crippen molar-refractivity contribution in [2.24, 2.45) is 0 Å². The summed E-state index contributed by atoms with van der Waals surface area (Å²) in [4.78, 5) is 12.5. The van der Waals surface area contributed by atoms with Crippen LogP contribution in [-0.2, 0) is 0 Å². The number of ketones is 1. The highest BCUT2D eigenvalue weighted by atomic mass is 19.1. The van der Waals surface area contributed by atoms with E-state index in [1.165, 1.54) is 0 Å². The van der Waals surface area contributed by atoms with Crippen LogP contribution in [0.1, 0.15) is 21.5 Å². The Labute approximate surface area is 134 Å². The van der Waals surface area contributed by atoms with Crippen molar-refractivity contribution in [3.63, 3.8) is 0 Å². The smallest absolute Gasteiger partial charge is 0.222 e. The minimum absolute atomic E-state index is 0.319. The summed E-state index contributed by atoms with van der Waals surface area (Å²) in [5, 5.41) is 0. The van der Waals surface area contributed by atoms with Crippen molar-refractivity contribution in [2.45, 2.75) is 0 Å². The Hall–Kier alpha value is -3.00. The van der Waals surface area contributed by atoms with Gasteiger partial charge in [0.25, 0.3) is 0 Å². The molecule has 0 saturated carbocycles. The number of carbonyl (C=O) groups is 1. The van der Waals surface area contributed by atoms with E-state index in [0.29, 0.717) is 22.3 Å². The van der Waals surface area contributed by atoms with Crippen LogP contribution in [0, 0.1) is 0 Å². The summed E-state index contributed by atoms with van der Waals surface area (Å²) >= 11 is 0. The van der Waals surface area contributed by atoms with Crippen molar-refractivity contribution in [3.05, 3.63) is 114 Å². The zero-order valence-corrected chi connectivity index (χ0v) is 12.4. The van der Waals surface area contributed by atoms with Gasteiger partial charge in [-0.25, -0.2) is 4.39 Å². The Bertz CT molecular complexity index is 780. The van der Waals surface area contributed by atoms with Gasteiger partial charge in [-0.15, -0.1) is 0 Å². The Kier molecular flexibility index (Phi) is 4.44. The number of allylic oxidation sites excluding steroid dienone is 1. The molecule has 3 rings (SSSR count). The van der Waals surface area contributed by atoms with Gasteiger partial charge in [0.2, 0.25) is 5.78 Å². The second kappa shape index (κ2) is 6.84. The van der Waals surface area contributed by atoms with Gasteiger partial charge in [-0.2, -0.15) is 0 Å². The first-order chi connectivity index (χ1) is 11.3. The number of carbonyl (C=O) groups excluding carboxylic acids is 1. The van der Waals surface area contributed by atoms with Crippen LogP contribution in [-0.4, -0.2) is 5.78 Å². The molecule has 0 aliphatic carbocycles. The third-order valence-corrected chi connectivity index (χ3v) is 3.58. The quantitative estimate of drug-likeness (QED) is 0.472. The molecule has 0 heterocycles. The molecule has 3 aromatic rings. The van der Waals surface area contributed by atoms with E-state index in [9.17, 15) is 4.79 Å². The Morgan fingerprint density at radius 3 is 1.30 bits per heavy atom. The molecule has 0 amide bonds. The topological polar surface area (TPSA) is 17.1 Å². The molecular formula is C21H15FO. The first-order valence-corrected chi connectivity index (χ1v) is 7.38. The molecule has 0 aliphatic heterocycles. The number of Topliss-reactive ketones (excluding diaryl/α,β-unsaturated/α-hetero) is 1. The van der Waals surface area contributed by atoms with Gasteiger partial charge in [-0.05, 0) is 11.1 Å². The lowest BCUT2D eigenvalue weighted by molar-refractivity contribution is 0.101. The summed E-state index contributed by atoms with van der Waals surface area (Å²) in [6, 6.07) is 26.8. The van der Waals surface area contributed by atoms with Crippen LogP contribution in [0.2, 0.25) is 0 Å². The monoisotopic (exact) mass is 302 g/mol. The van der Waals surface area contributed by atoms with Gasteiger partial charge in [0, 0.05) is 11.1 Å². The van der Waals surface area contributed by atoms with E-state index >= 15 is 4.39 Å². The van der Waals surface area contributed by atoms with Crippen LogP contribution in [0.5, 0.6) is 0 Å². The van der Waals surface area contributed by atoms with Gasteiger partial charge in [0.1, 0.15) is 0 Å². The second-order valence-corrected chi connectivity index (χ2v) is 5.12. The van der Waals surface area contributed by atoms with Crippen LogP contribution in [0.25, 0.3) is 5.57 Å². The molecule has 0 spiro atoms. The molecule has 2 heteroatoms. The van der Waals surface area contributed by atoms with Crippen LogP contribution in [0.15, 0.2) is 96.8 Å². The van der Waals surface area contributed by atoms with E-state index in [2.05, 4.69) is 0 Å². The fraction of sp³-hybridized carbons (Fsp3) is 0. The number of hydrogen-bond acceptors (Lipinski definition) is 1. The van der Waals surface area contributed by atoms with Gasteiger partial charge in [0.15, 0.2) is 5.83 Å². The van der Waals surface area contributed by atoms with Gasteiger partial charge in [-0.1, -0.05) is 91.0 Å². The Balaban J connectivity index is 2.16. The largest absolute Gasteiger partial charge is 0.286 e. The van der Waals surface area contributed by atoms with Crippen molar-refractivity contribution in [3.8, 4) is 0 Å². The molecule has 0 aromatic heterocycles. The summed E-state index contributed by atoms with van der Waals surface area (Å²) in [5.41, 5.74) is 2.02. The fourth-order valence-electron chi connectivity index (χ4n) is 2.46. The van der Waals surface area contributed by atoms with E-state index < -0.39 is 11.6 Å². The molecule has 0 radical (unpaired) electrons. The molecule has 0 aliphatic rings.